The molecule has 0 heterocycles. The molecule has 2 aromatic rings. The normalized spacial score (nSPS) is 11.9. The second-order valence-corrected chi connectivity index (χ2v) is 10.7. The van der Waals surface area contributed by atoms with Gasteiger partial charge in [0.2, 0.25) is 0 Å². The number of halogens is 1. The minimum Gasteiger partial charge on any atom is -0.351 e. The number of carbonyl (C=O) groups is 1. The average molecular weight is 464 g/mol. The summed E-state index contributed by atoms with van der Waals surface area (Å²) in [7, 11) is -0.00692. The van der Waals surface area contributed by atoms with Crippen LogP contribution in [0.3, 0.4) is 0 Å². The van der Waals surface area contributed by atoms with Crippen molar-refractivity contribution in [2.45, 2.75) is 18.7 Å². The molecule has 1 N–H and O–H groups in total. The van der Waals surface area contributed by atoms with Crippen molar-refractivity contribution in [1.29, 1.82) is 0 Å². The van der Waals surface area contributed by atoms with Crippen LogP contribution in [0.25, 0.3) is 0 Å². The van der Waals surface area contributed by atoms with Gasteiger partial charge in [-0.1, -0.05) is 49.7 Å². The summed E-state index contributed by atoms with van der Waals surface area (Å²) in [6.45, 7) is 9.09. The lowest BCUT2D eigenvalue weighted by atomic mass is 9.93. The van der Waals surface area contributed by atoms with E-state index in [4.69, 9.17) is 11.6 Å². The Kier molecular flexibility index (Phi) is 8.28. The van der Waals surface area contributed by atoms with Crippen LogP contribution in [-0.4, -0.2) is 53.0 Å². The number of hydrogen-bond acceptors (Lipinski definition) is 4. The quantitative estimate of drug-likeness (QED) is 0.540. The molecule has 0 aliphatic rings. The van der Waals surface area contributed by atoms with Crippen molar-refractivity contribution in [3.63, 3.8) is 0 Å². The van der Waals surface area contributed by atoms with E-state index in [0.717, 1.165) is 6.54 Å². The second-order valence-electron chi connectivity index (χ2n) is 8.39. The van der Waals surface area contributed by atoms with Crippen LogP contribution < -0.4 is 9.62 Å². The van der Waals surface area contributed by atoms with E-state index in [9.17, 15) is 13.2 Å². The molecule has 0 fully saturated rings. The van der Waals surface area contributed by atoms with Crippen LogP contribution in [0.15, 0.2) is 66.1 Å². The van der Waals surface area contributed by atoms with Gasteiger partial charge in [-0.05, 0) is 49.8 Å². The lowest BCUT2D eigenvalue weighted by Crippen LogP contribution is -2.40. The van der Waals surface area contributed by atoms with Crippen LogP contribution in [0.2, 0.25) is 5.02 Å². The van der Waals surface area contributed by atoms with Gasteiger partial charge in [0, 0.05) is 18.7 Å². The van der Waals surface area contributed by atoms with Crippen molar-refractivity contribution in [1.82, 2.24) is 10.2 Å². The molecule has 0 unspecified atom stereocenters. The van der Waals surface area contributed by atoms with Gasteiger partial charge in [-0.25, -0.2) is 8.42 Å². The van der Waals surface area contributed by atoms with Crippen molar-refractivity contribution in [3.8, 4) is 0 Å². The number of para-hydroxylation sites is 1. The van der Waals surface area contributed by atoms with E-state index < -0.39 is 10.0 Å². The molecule has 0 spiro atoms. The summed E-state index contributed by atoms with van der Waals surface area (Å²) in [6.07, 6.45) is 1.49. The largest absolute Gasteiger partial charge is 0.351 e. The lowest BCUT2D eigenvalue weighted by Gasteiger charge is -2.28. The van der Waals surface area contributed by atoms with E-state index in [1.165, 1.54) is 22.5 Å². The number of sulfonamides is 1. The monoisotopic (exact) mass is 463 g/mol. The highest BCUT2D eigenvalue weighted by Gasteiger charge is 2.27. The van der Waals surface area contributed by atoms with E-state index >= 15 is 0 Å². The highest BCUT2D eigenvalue weighted by Crippen LogP contribution is 2.30. The Labute approximate surface area is 190 Å². The first-order valence-electron chi connectivity index (χ1n) is 9.89. The molecule has 0 saturated carbocycles. The Morgan fingerprint density at radius 2 is 1.84 bits per heavy atom. The van der Waals surface area contributed by atoms with E-state index in [1.54, 1.807) is 36.4 Å². The summed E-state index contributed by atoms with van der Waals surface area (Å²) in [5, 5.41) is 3.22. The molecule has 168 valence electrons. The van der Waals surface area contributed by atoms with Crippen LogP contribution in [0.4, 0.5) is 5.69 Å². The molecule has 0 saturated heterocycles. The number of carbonyl (C=O) groups excluding carboxylic acids is 1. The highest BCUT2D eigenvalue weighted by atomic mass is 35.5. The molecule has 0 radical (unpaired) electrons. The first-order chi connectivity index (χ1) is 14.5. The molecule has 2 aromatic carbocycles. The number of benzene rings is 2. The summed E-state index contributed by atoms with van der Waals surface area (Å²) in [5.74, 6) is -0.322. The van der Waals surface area contributed by atoms with E-state index in [2.05, 4.69) is 30.6 Å². The summed E-state index contributed by atoms with van der Waals surface area (Å²) in [4.78, 5) is 14.8. The fourth-order valence-electron chi connectivity index (χ4n) is 3.36. The van der Waals surface area contributed by atoms with Gasteiger partial charge < -0.3 is 10.2 Å². The third-order valence-electron chi connectivity index (χ3n) is 4.57. The first kappa shape index (κ1) is 24.9. The van der Waals surface area contributed by atoms with Gasteiger partial charge in [-0.3, -0.25) is 9.10 Å². The maximum absolute atomic E-state index is 13.4. The maximum atomic E-state index is 13.4. The number of nitrogens with zero attached hydrogens (tertiary/aromatic N) is 2. The summed E-state index contributed by atoms with van der Waals surface area (Å²) < 4.78 is 27.9. The van der Waals surface area contributed by atoms with Crippen molar-refractivity contribution in [3.05, 3.63) is 71.8 Å². The van der Waals surface area contributed by atoms with Crippen molar-refractivity contribution in [2.24, 2.45) is 5.41 Å². The van der Waals surface area contributed by atoms with Crippen LogP contribution in [0.1, 0.15) is 24.2 Å². The standard InChI is InChI=1S/C23H30ClN3O3S/c1-6-14-27(21-13-8-7-12-20(21)24)31(29,30)19-11-9-10-18(15-19)22(28)25-16-23(2,3)17-26(4)5/h6-13,15H,1,14,16-17H2,2-5H3,(H,25,28). The lowest BCUT2D eigenvalue weighted by molar-refractivity contribution is 0.0929. The van der Waals surface area contributed by atoms with Gasteiger partial charge >= 0.3 is 0 Å². The topological polar surface area (TPSA) is 69.7 Å². The molecule has 0 aliphatic carbocycles. The van der Waals surface area contributed by atoms with Crippen LogP contribution in [-0.2, 0) is 10.0 Å². The molecular formula is C23H30ClN3O3S. The number of amides is 1. The number of nitrogens with one attached hydrogen (secondary N) is 1. The van der Waals surface area contributed by atoms with E-state index in [1.807, 2.05) is 14.1 Å². The maximum Gasteiger partial charge on any atom is 0.264 e. The molecule has 1 amide bonds. The molecule has 8 heteroatoms. The predicted molar refractivity (Wildman–Crippen MR) is 127 cm³/mol. The van der Waals surface area contributed by atoms with Crippen molar-refractivity contribution in [2.75, 3.05) is 38.0 Å². The van der Waals surface area contributed by atoms with Gasteiger partial charge in [0.25, 0.3) is 15.9 Å². The molecule has 31 heavy (non-hydrogen) atoms. The molecular weight excluding hydrogens is 434 g/mol. The molecule has 2 rings (SSSR count). The molecule has 0 aromatic heterocycles. The third kappa shape index (κ3) is 6.56. The number of hydrogen-bond donors (Lipinski definition) is 1. The second kappa shape index (κ2) is 10.3. The zero-order chi connectivity index (χ0) is 23.2. The van der Waals surface area contributed by atoms with Crippen molar-refractivity contribution < 1.29 is 13.2 Å². The SMILES string of the molecule is C=CCN(c1ccccc1Cl)S(=O)(=O)c1cccc(C(=O)NCC(C)(C)CN(C)C)c1. The van der Waals surface area contributed by atoms with E-state index in [0.29, 0.717) is 17.3 Å². The van der Waals surface area contributed by atoms with Gasteiger partial charge in [0.05, 0.1) is 22.2 Å². The molecule has 6 nitrogen and oxygen atoms in total. The molecule has 0 aliphatic heterocycles. The summed E-state index contributed by atoms with van der Waals surface area (Å²) >= 11 is 6.24. The fraction of sp³-hybridized carbons (Fsp3) is 0.348. The Morgan fingerprint density at radius 1 is 1.16 bits per heavy atom. The smallest absolute Gasteiger partial charge is 0.264 e. The molecule has 0 bridgehead atoms. The Bertz CT molecular complexity index is 1040. The molecule has 0 atom stereocenters. The van der Waals surface area contributed by atoms with Gasteiger partial charge in [0.15, 0.2) is 0 Å². The van der Waals surface area contributed by atoms with Crippen molar-refractivity contribution >= 4 is 33.2 Å². The van der Waals surface area contributed by atoms with Crippen LogP contribution >= 0.6 is 11.6 Å². The van der Waals surface area contributed by atoms with Gasteiger partial charge in [0.1, 0.15) is 0 Å². The van der Waals surface area contributed by atoms with E-state index in [-0.39, 0.29) is 28.3 Å². The van der Waals surface area contributed by atoms with Gasteiger partial charge in [-0.2, -0.15) is 0 Å². The Morgan fingerprint density at radius 3 is 2.45 bits per heavy atom. The minimum atomic E-state index is -3.96. The van der Waals surface area contributed by atoms with Crippen LogP contribution in [0.5, 0.6) is 0 Å². The number of rotatable bonds is 10. The predicted octanol–water partition coefficient (Wildman–Crippen LogP) is 4.04. The Hall–Kier alpha value is -2.35. The minimum absolute atomic E-state index is 0.00877. The van der Waals surface area contributed by atoms with Crippen LogP contribution in [0, 0.1) is 5.41 Å². The zero-order valence-electron chi connectivity index (χ0n) is 18.4. The zero-order valence-corrected chi connectivity index (χ0v) is 20.0. The third-order valence-corrected chi connectivity index (χ3v) is 6.67. The summed E-state index contributed by atoms with van der Waals surface area (Å²) in [6, 6.07) is 12.7. The average Bonchev–Trinajstić information content (AvgIpc) is 2.70. The summed E-state index contributed by atoms with van der Waals surface area (Å²) in [5.41, 5.74) is 0.497. The first-order valence-corrected chi connectivity index (χ1v) is 11.7. The van der Waals surface area contributed by atoms with Gasteiger partial charge in [-0.15, -0.1) is 6.58 Å². The number of anilines is 1. The highest BCUT2D eigenvalue weighted by molar-refractivity contribution is 7.92. The Balaban J connectivity index is 2.31. The fourth-order valence-corrected chi connectivity index (χ4v) is 5.14.